The van der Waals surface area contributed by atoms with Crippen molar-refractivity contribution in [2.45, 2.75) is 32.6 Å². The first-order valence-electron chi connectivity index (χ1n) is 8.97. The van der Waals surface area contributed by atoms with Crippen LogP contribution in [0.4, 0.5) is 8.78 Å². The number of aryl methyl sites for hydroxylation is 1. The minimum Gasteiger partial charge on any atom is -0.508 e. The van der Waals surface area contributed by atoms with Gasteiger partial charge in [-0.3, -0.25) is 4.79 Å². The third-order valence-corrected chi connectivity index (χ3v) is 5.18. The van der Waals surface area contributed by atoms with Crippen LogP contribution in [0.2, 0.25) is 0 Å². The van der Waals surface area contributed by atoms with E-state index in [1.165, 1.54) is 12.1 Å². The van der Waals surface area contributed by atoms with E-state index in [1.807, 2.05) is 4.90 Å². The van der Waals surface area contributed by atoms with Crippen LogP contribution in [0.15, 0.2) is 36.4 Å². The standard InChI is InChI=1S/C21H23F2NO2/c1-14-18(5-2-6-20(14)25)21(26)24-11-3-4-15(13-24)7-8-16-9-10-17(22)12-19(16)23/h2,5-6,9-10,12,15,25H,3-4,7-8,11,13H2,1H3/t15-/m0/s1. The first-order chi connectivity index (χ1) is 12.5. The molecule has 0 radical (unpaired) electrons. The molecule has 0 aliphatic carbocycles. The Balaban J connectivity index is 1.63. The number of piperidine rings is 1. The average Bonchev–Trinajstić information content (AvgIpc) is 2.63. The molecule has 1 aliphatic heterocycles. The maximum Gasteiger partial charge on any atom is 0.254 e. The minimum absolute atomic E-state index is 0.0731. The van der Waals surface area contributed by atoms with Crippen LogP contribution in [0.25, 0.3) is 0 Å². The van der Waals surface area contributed by atoms with E-state index in [4.69, 9.17) is 0 Å². The number of carbonyl (C=O) groups excluding carboxylic acids is 1. The predicted octanol–water partition coefficient (Wildman–Crippen LogP) is 4.46. The van der Waals surface area contributed by atoms with Crippen LogP contribution in [0.3, 0.4) is 0 Å². The van der Waals surface area contributed by atoms with Gasteiger partial charge in [0.15, 0.2) is 0 Å². The number of benzene rings is 2. The molecule has 26 heavy (non-hydrogen) atoms. The lowest BCUT2D eigenvalue weighted by molar-refractivity contribution is 0.0667. The highest BCUT2D eigenvalue weighted by Gasteiger charge is 2.25. The van der Waals surface area contributed by atoms with Gasteiger partial charge in [-0.25, -0.2) is 8.78 Å². The van der Waals surface area contributed by atoms with Crippen molar-refractivity contribution in [1.29, 1.82) is 0 Å². The Bertz CT molecular complexity index is 807. The average molecular weight is 359 g/mol. The molecule has 1 amide bonds. The van der Waals surface area contributed by atoms with Crippen molar-refractivity contribution >= 4 is 5.91 Å². The summed E-state index contributed by atoms with van der Waals surface area (Å²) in [5.41, 5.74) is 1.63. The minimum atomic E-state index is -0.567. The van der Waals surface area contributed by atoms with E-state index < -0.39 is 11.6 Å². The molecule has 1 heterocycles. The van der Waals surface area contributed by atoms with Gasteiger partial charge >= 0.3 is 0 Å². The van der Waals surface area contributed by atoms with Crippen LogP contribution in [0.5, 0.6) is 5.75 Å². The molecule has 2 aromatic carbocycles. The van der Waals surface area contributed by atoms with E-state index in [9.17, 15) is 18.7 Å². The number of hydrogen-bond donors (Lipinski definition) is 1. The maximum atomic E-state index is 13.8. The number of nitrogens with zero attached hydrogens (tertiary/aromatic N) is 1. The quantitative estimate of drug-likeness (QED) is 0.875. The van der Waals surface area contributed by atoms with E-state index in [0.29, 0.717) is 36.2 Å². The Labute approximate surface area is 152 Å². The highest BCUT2D eigenvalue weighted by atomic mass is 19.1. The molecule has 0 saturated carbocycles. The van der Waals surface area contributed by atoms with Gasteiger partial charge in [-0.15, -0.1) is 0 Å². The molecule has 1 saturated heterocycles. The summed E-state index contributed by atoms with van der Waals surface area (Å²) in [6.45, 7) is 3.05. The molecule has 0 aromatic heterocycles. The molecule has 1 N–H and O–H groups in total. The zero-order chi connectivity index (χ0) is 18.7. The number of amides is 1. The number of carbonyl (C=O) groups is 1. The van der Waals surface area contributed by atoms with Crippen molar-refractivity contribution < 1.29 is 18.7 Å². The zero-order valence-electron chi connectivity index (χ0n) is 14.8. The van der Waals surface area contributed by atoms with Crippen molar-refractivity contribution in [3.8, 4) is 5.75 Å². The fourth-order valence-electron chi connectivity index (χ4n) is 3.59. The topological polar surface area (TPSA) is 40.5 Å². The fraction of sp³-hybridized carbons (Fsp3) is 0.381. The summed E-state index contributed by atoms with van der Waals surface area (Å²) < 4.78 is 26.8. The van der Waals surface area contributed by atoms with Crippen molar-refractivity contribution in [3.05, 3.63) is 64.7 Å². The Hall–Kier alpha value is -2.43. The Kier molecular flexibility index (Phi) is 5.55. The van der Waals surface area contributed by atoms with Crippen LogP contribution in [-0.4, -0.2) is 29.0 Å². The lowest BCUT2D eigenvalue weighted by Gasteiger charge is -2.33. The van der Waals surface area contributed by atoms with Gasteiger partial charge in [0.2, 0.25) is 0 Å². The fourth-order valence-corrected chi connectivity index (χ4v) is 3.59. The molecule has 0 unspecified atom stereocenters. The molecule has 138 valence electrons. The molecule has 5 heteroatoms. The van der Waals surface area contributed by atoms with Crippen LogP contribution in [-0.2, 0) is 6.42 Å². The lowest BCUT2D eigenvalue weighted by atomic mass is 9.91. The van der Waals surface area contributed by atoms with Crippen LogP contribution in [0.1, 0.15) is 40.7 Å². The largest absolute Gasteiger partial charge is 0.508 e. The van der Waals surface area contributed by atoms with Gasteiger partial charge in [0.25, 0.3) is 5.91 Å². The van der Waals surface area contributed by atoms with Gasteiger partial charge in [0.05, 0.1) is 0 Å². The highest BCUT2D eigenvalue weighted by molar-refractivity contribution is 5.96. The van der Waals surface area contributed by atoms with Crippen molar-refractivity contribution in [3.63, 3.8) is 0 Å². The highest BCUT2D eigenvalue weighted by Crippen LogP contribution is 2.26. The van der Waals surface area contributed by atoms with E-state index in [1.54, 1.807) is 25.1 Å². The summed E-state index contributed by atoms with van der Waals surface area (Å²) in [7, 11) is 0. The van der Waals surface area contributed by atoms with Crippen LogP contribution < -0.4 is 0 Å². The van der Waals surface area contributed by atoms with Crippen LogP contribution >= 0.6 is 0 Å². The van der Waals surface area contributed by atoms with E-state index in [0.717, 1.165) is 25.3 Å². The maximum absolute atomic E-state index is 13.8. The number of phenolic OH excluding ortho intramolecular Hbond substituents is 1. The Morgan fingerprint density at radius 2 is 2.08 bits per heavy atom. The molecule has 1 atom stereocenters. The summed E-state index contributed by atoms with van der Waals surface area (Å²) in [4.78, 5) is 14.6. The summed E-state index contributed by atoms with van der Waals surface area (Å²) in [5.74, 6) is -0.742. The Morgan fingerprint density at radius 1 is 1.27 bits per heavy atom. The molecular weight excluding hydrogens is 336 g/mol. The van der Waals surface area contributed by atoms with Gasteiger partial charge < -0.3 is 10.0 Å². The molecule has 0 spiro atoms. The van der Waals surface area contributed by atoms with E-state index >= 15 is 0 Å². The zero-order valence-corrected chi connectivity index (χ0v) is 14.8. The summed E-state index contributed by atoms with van der Waals surface area (Å²) in [5, 5.41) is 9.82. The normalized spacial score (nSPS) is 17.3. The molecular formula is C21H23F2NO2. The molecule has 2 aromatic rings. The number of aromatic hydroxyl groups is 1. The van der Waals surface area contributed by atoms with Crippen molar-refractivity contribution in [1.82, 2.24) is 4.90 Å². The van der Waals surface area contributed by atoms with Gasteiger partial charge in [-0.05, 0) is 62.3 Å². The second-order valence-electron chi connectivity index (χ2n) is 6.98. The second kappa shape index (κ2) is 7.85. The SMILES string of the molecule is Cc1c(O)cccc1C(=O)N1CCC[C@@H](CCc2ccc(F)cc2F)C1. The van der Waals surface area contributed by atoms with Crippen LogP contribution in [0, 0.1) is 24.5 Å². The predicted molar refractivity (Wildman–Crippen MR) is 96.2 cm³/mol. The van der Waals surface area contributed by atoms with Crippen molar-refractivity contribution in [2.75, 3.05) is 13.1 Å². The molecule has 1 fully saturated rings. The number of halogens is 2. The molecule has 0 bridgehead atoms. The monoisotopic (exact) mass is 359 g/mol. The van der Waals surface area contributed by atoms with Gasteiger partial charge in [-0.2, -0.15) is 0 Å². The van der Waals surface area contributed by atoms with Crippen molar-refractivity contribution in [2.24, 2.45) is 5.92 Å². The number of rotatable bonds is 4. The van der Waals surface area contributed by atoms with E-state index in [2.05, 4.69) is 0 Å². The van der Waals surface area contributed by atoms with Gasteiger partial charge in [0, 0.05) is 30.3 Å². The van der Waals surface area contributed by atoms with Gasteiger partial charge in [-0.1, -0.05) is 12.1 Å². The molecule has 1 aliphatic rings. The van der Waals surface area contributed by atoms with Gasteiger partial charge in [0.1, 0.15) is 17.4 Å². The molecule has 3 nitrogen and oxygen atoms in total. The smallest absolute Gasteiger partial charge is 0.254 e. The number of likely N-dealkylation sites (tertiary alicyclic amines) is 1. The summed E-state index contributed by atoms with van der Waals surface area (Å²) in [6.07, 6.45) is 3.18. The number of hydrogen-bond acceptors (Lipinski definition) is 2. The summed E-state index contributed by atoms with van der Waals surface area (Å²) >= 11 is 0. The lowest BCUT2D eigenvalue weighted by Crippen LogP contribution is -2.40. The number of phenols is 1. The Morgan fingerprint density at radius 3 is 2.85 bits per heavy atom. The third kappa shape index (κ3) is 4.03. The summed E-state index contributed by atoms with van der Waals surface area (Å²) in [6, 6.07) is 8.66. The van der Waals surface area contributed by atoms with E-state index in [-0.39, 0.29) is 17.6 Å². The first-order valence-corrected chi connectivity index (χ1v) is 8.97. The third-order valence-electron chi connectivity index (χ3n) is 5.18. The molecule has 3 rings (SSSR count). The second-order valence-corrected chi connectivity index (χ2v) is 6.98. The first kappa shape index (κ1) is 18.4.